The van der Waals surface area contributed by atoms with Crippen molar-refractivity contribution in [1.82, 2.24) is 14.8 Å². The number of hydrogen-bond donors (Lipinski definition) is 1. The first kappa shape index (κ1) is 25.6. The molecule has 2 fully saturated rings. The number of carbonyl (C=O) groups is 1. The summed E-state index contributed by atoms with van der Waals surface area (Å²) in [6.07, 6.45) is 6.83. The maximum absolute atomic E-state index is 13.7. The lowest BCUT2D eigenvalue weighted by molar-refractivity contribution is -0.126. The Hall–Kier alpha value is -2.49. The second kappa shape index (κ2) is 10.6. The van der Waals surface area contributed by atoms with Crippen molar-refractivity contribution in [1.29, 1.82) is 0 Å². The third-order valence-corrected chi connectivity index (χ3v) is 8.88. The van der Waals surface area contributed by atoms with Crippen LogP contribution in [0.1, 0.15) is 59.4 Å². The Morgan fingerprint density at radius 3 is 2.57 bits per heavy atom. The average Bonchev–Trinajstić information content (AvgIpc) is 3.46. The van der Waals surface area contributed by atoms with E-state index in [4.69, 9.17) is 9.26 Å². The third kappa shape index (κ3) is 5.68. The van der Waals surface area contributed by atoms with Crippen molar-refractivity contribution in [2.75, 3.05) is 26.2 Å². The van der Waals surface area contributed by atoms with Crippen molar-refractivity contribution < 1.29 is 22.5 Å². The summed E-state index contributed by atoms with van der Waals surface area (Å²) in [5.41, 5.74) is 4.72. The molecule has 35 heavy (non-hydrogen) atoms. The molecule has 0 unspecified atom stereocenters. The molecular weight excluding hydrogens is 466 g/mol. The number of benzene rings is 1. The first-order valence-corrected chi connectivity index (χ1v) is 13.7. The van der Waals surface area contributed by atoms with E-state index >= 15 is 0 Å². The Morgan fingerprint density at radius 1 is 1.14 bits per heavy atom. The lowest BCUT2D eigenvalue weighted by Gasteiger charge is -2.31. The van der Waals surface area contributed by atoms with Crippen molar-refractivity contribution in [3.63, 3.8) is 0 Å². The lowest BCUT2D eigenvalue weighted by atomic mass is 9.99. The number of amides is 1. The summed E-state index contributed by atoms with van der Waals surface area (Å²) >= 11 is 0. The van der Waals surface area contributed by atoms with Crippen LogP contribution in [0.5, 0.6) is 0 Å². The highest BCUT2D eigenvalue weighted by atomic mass is 32.2. The average molecular weight is 502 g/mol. The zero-order valence-corrected chi connectivity index (χ0v) is 21.8. The predicted molar refractivity (Wildman–Crippen MR) is 134 cm³/mol. The van der Waals surface area contributed by atoms with Crippen molar-refractivity contribution >= 4 is 28.1 Å². The second-order valence-electron chi connectivity index (χ2n) is 9.69. The second-order valence-corrected chi connectivity index (χ2v) is 11.6. The smallest absolute Gasteiger partial charge is 0.248 e. The van der Waals surface area contributed by atoms with Gasteiger partial charge in [0.2, 0.25) is 15.9 Å². The van der Waals surface area contributed by atoms with Gasteiger partial charge in [0, 0.05) is 26.2 Å². The Kier molecular flexibility index (Phi) is 7.78. The number of sulfonamides is 1. The normalized spacial score (nSPS) is 21.6. The molecule has 0 spiro atoms. The summed E-state index contributed by atoms with van der Waals surface area (Å²) in [6, 6.07) is 4.18. The number of hydrogen-bond acceptors (Lipinski definition) is 6. The van der Waals surface area contributed by atoms with Crippen LogP contribution < -0.4 is 5.32 Å². The number of ether oxygens (including phenoxy) is 1. The highest BCUT2D eigenvalue weighted by Gasteiger charge is 2.37. The number of aryl methyl sites for hydroxylation is 4. The van der Waals surface area contributed by atoms with Gasteiger partial charge in [0.05, 0.1) is 12.0 Å². The van der Waals surface area contributed by atoms with E-state index < -0.39 is 15.9 Å². The summed E-state index contributed by atoms with van der Waals surface area (Å²) in [5.74, 6) is -0.309. The maximum Gasteiger partial charge on any atom is 0.248 e. The van der Waals surface area contributed by atoms with E-state index in [-0.39, 0.29) is 29.2 Å². The largest absolute Gasteiger partial charge is 0.376 e. The number of nitrogens with one attached hydrogen (secondary N) is 1. The molecule has 2 aromatic rings. The van der Waals surface area contributed by atoms with Crippen LogP contribution in [0.15, 0.2) is 21.6 Å². The van der Waals surface area contributed by atoms with E-state index in [9.17, 15) is 13.2 Å². The van der Waals surface area contributed by atoms with Gasteiger partial charge in [0.25, 0.3) is 0 Å². The number of piperidine rings is 1. The first-order valence-electron chi connectivity index (χ1n) is 12.3. The molecule has 1 aromatic heterocycles. The molecule has 2 saturated heterocycles. The fourth-order valence-electron chi connectivity index (χ4n) is 5.08. The lowest BCUT2D eigenvalue weighted by Crippen LogP contribution is -2.46. The molecule has 2 atom stereocenters. The summed E-state index contributed by atoms with van der Waals surface area (Å²) in [5, 5.41) is 6.90. The minimum atomic E-state index is -3.89. The Balaban J connectivity index is 1.51. The third-order valence-electron chi connectivity index (χ3n) is 6.85. The first-order chi connectivity index (χ1) is 16.7. The summed E-state index contributed by atoms with van der Waals surface area (Å²) in [7, 11) is -3.89. The van der Waals surface area contributed by atoms with Crippen LogP contribution in [-0.2, 0) is 19.6 Å². The van der Waals surface area contributed by atoms with Crippen molar-refractivity contribution in [3.8, 4) is 0 Å². The number of aromatic nitrogens is 1. The van der Waals surface area contributed by atoms with Crippen molar-refractivity contribution in [3.05, 3.63) is 45.8 Å². The van der Waals surface area contributed by atoms with Crippen LogP contribution in [0.3, 0.4) is 0 Å². The van der Waals surface area contributed by atoms with Gasteiger partial charge in [-0.2, -0.15) is 4.31 Å². The van der Waals surface area contributed by atoms with Gasteiger partial charge in [-0.3, -0.25) is 4.79 Å². The summed E-state index contributed by atoms with van der Waals surface area (Å²) in [6.45, 7) is 9.44. The summed E-state index contributed by atoms with van der Waals surface area (Å²) in [4.78, 5) is 12.8. The van der Waals surface area contributed by atoms with E-state index in [0.29, 0.717) is 31.6 Å². The van der Waals surface area contributed by atoms with Crippen LogP contribution in [0.4, 0.5) is 0 Å². The van der Waals surface area contributed by atoms with Gasteiger partial charge >= 0.3 is 0 Å². The SMILES string of the molecule is Cc1cc(C)c(/C=C/c2onc(C)c2S(=O)(=O)N2CCC[C@@H](C(=O)NC[C@H]3CCCO3)C2)c(C)c1. The minimum Gasteiger partial charge on any atom is -0.376 e. The molecule has 190 valence electrons. The standard InChI is InChI=1S/C26H35N3O5S/c1-17-13-18(2)23(19(3)14-17)9-10-24-25(20(4)28-34-24)35(31,32)29-11-5-7-21(16-29)26(30)27-15-22-8-6-12-33-22/h9-10,13-14,21-22H,5-8,11-12,15-16H2,1-4H3,(H,27,30)/b10-9+/t21-,22-/m1/s1. The zero-order chi connectivity index (χ0) is 25.2. The Morgan fingerprint density at radius 2 is 1.89 bits per heavy atom. The monoisotopic (exact) mass is 501 g/mol. The maximum atomic E-state index is 13.7. The van der Waals surface area contributed by atoms with Gasteiger partial charge in [-0.1, -0.05) is 28.9 Å². The highest BCUT2D eigenvalue weighted by molar-refractivity contribution is 7.89. The van der Waals surface area contributed by atoms with Crippen LogP contribution in [0.25, 0.3) is 12.2 Å². The number of carbonyl (C=O) groups excluding carboxylic acids is 1. The molecule has 3 heterocycles. The molecule has 0 radical (unpaired) electrons. The molecule has 9 heteroatoms. The molecular formula is C26H35N3O5S. The minimum absolute atomic E-state index is 0.0529. The molecule has 1 amide bonds. The van der Waals surface area contributed by atoms with Gasteiger partial charge in [-0.15, -0.1) is 0 Å². The quantitative estimate of drug-likeness (QED) is 0.620. The highest BCUT2D eigenvalue weighted by Crippen LogP contribution is 2.30. The molecule has 0 aliphatic carbocycles. The molecule has 2 aliphatic heterocycles. The van der Waals surface area contributed by atoms with Crippen LogP contribution in [0.2, 0.25) is 0 Å². The van der Waals surface area contributed by atoms with Crippen LogP contribution >= 0.6 is 0 Å². The molecule has 1 N–H and O–H groups in total. The van der Waals surface area contributed by atoms with Gasteiger partial charge < -0.3 is 14.6 Å². The van der Waals surface area contributed by atoms with E-state index in [0.717, 1.165) is 36.1 Å². The molecule has 2 aliphatic rings. The topological polar surface area (TPSA) is 102 Å². The van der Waals surface area contributed by atoms with Crippen molar-refractivity contribution in [2.24, 2.45) is 5.92 Å². The van der Waals surface area contributed by atoms with Gasteiger partial charge in [0.15, 0.2) is 10.7 Å². The van der Waals surface area contributed by atoms with Gasteiger partial charge in [-0.05, 0) is 76.1 Å². The fourth-order valence-corrected chi connectivity index (χ4v) is 6.85. The van der Waals surface area contributed by atoms with E-state index in [1.165, 1.54) is 9.87 Å². The number of rotatable bonds is 7. The van der Waals surface area contributed by atoms with Gasteiger partial charge in [0.1, 0.15) is 5.69 Å². The molecule has 4 rings (SSSR count). The molecule has 1 aromatic carbocycles. The summed E-state index contributed by atoms with van der Waals surface area (Å²) < 4.78 is 39.7. The van der Waals surface area contributed by atoms with E-state index in [2.05, 4.69) is 22.6 Å². The van der Waals surface area contributed by atoms with E-state index in [1.54, 1.807) is 13.0 Å². The molecule has 8 nitrogen and oxygen atoms in total. The predicted octanol–water partition coefficient (Wildman–Crippen LogP) is 3.77. The van der Waals surface area contributed by atoms with Crippen LogP contribution in [0, 0.1) is 33.6 Å². The Labute approximate surface area is 207 Å². The van der Waals surface area contributed by atoms with Crippen LogP contribution in [-0.4, -0.2) is 56.1 Å². The molecule has 0 bridgehead atoms. The molecule has 0 saturated carbocycles. The number of nitrogens with zero attached hydrogens (tertiary/aromatic N) is 2. The zero-order valence-electron chi connectivity index (χ0n) is 21.0. The Bertz CT molecular complexity index is 1190. The fraction of sp³-hybridized carbons (Fsp3) is 0.538. The van der Waals surface area contributed by atoms with Crippen molar-refractivity contribution in [2.45, 2.75) is 64.4 Å². The van der Waals surface area contributed by atoms with Gasteiger partial charge in [-0.25, -0.2) is 8.42 Å². The van der Waals surface area contributed by atoms with E-state index in [1.807, 2.05) is 26.8 Å².